The lowest BCUT2D eigenvalue weighted by Gasteiger charge is -2.04. The maximum absolute atomic E-state index is 10.5. The van der Waals surface area contributed by atoms with Crippen molar-refractivity contribution < 1.29 is 9.90 Å². The summed E-state index contributed by atoms with van der Waals surface area (Å²) in [6.45, 7) is 1.99. The van der Waals surface area contributed by atoms with Crippen molar-refractivity contribution in [3.63, 3.8) is 0 Å². The number of hydrogen-bond acceptors (Lipinski definition) is 1. The van der Waals surface area contributed by atoms with Crippen molar-refractivity contribution >= 4 is 21.9 Å². The van der Waals surface area contributed by atoms with Gasteiger partial charge in [-0.15, -0.1) is 0 Å². The topological polar surface area (TPSA) is 37.3 Å². The minimum atomic E-state index is -0.818. The van der Waals surface area contributed by atoms with Crippen LogP contribution in [0.25, 0.3) is 0 Å². The molecule has 0 bridgehead atoms. The first-order valence-electron chi connectivity index (χ1n) is 4.02. The fourth-order valence-electron chi connectivity index (χ4n) is 1.13. The molecule has 13 heavy (non-hydrogen) atoms. The van der Waals surface area contributed by atoms with Gasteiger partial charge in [-0.2, -0.15) is 0 Å². The zero-order chi connectivity index (χ0) is 9.84. The van der Waals surface area contributed by atoms with Crippen molar-refractivity contribution in [1.82, 2.24) is 0 Å². The Morgan fingerprint density at radius 3 is 2.85 bits per heavy atom. The Balaban J connectivity index is 2.69. The minimum absolute atomic E-state index is 0.491. The monoisotopic (exact) mass is 242 g/mol. The van der Waals surface area contributed by atoms with Crippen LogP contribution in [0.2, 0.25) is 0 Å². The second kappa shape index (κ2) is 4.42. The maximum Gasteiger partial charge on any atom is 0.317 e. The second-order valence-corrected chi connectivity index (χ2v) is 4.10. The van der Waals surface area contributed by atoms with Crippen LogP contribution in [0.5, 0.6) is 0 Å². The van der Waals surface area contributed by atoms with E-state index in [1.165, 1.54) is 0 Å². The molecule has 0 saturated heterocycles. The van der Waals surface area contributed by atoms with E-state index in [0.29, 0.717) is 6.42 Å². The average Bonchev–Trinajstić information content (AvgIpc) is 2.04. The molecule has 1 rings (SSSR count). The fraction of sp³-hybridized carbons (Fsp3) is 0.300. The Kier molecular flexibility index (Phi) is 3.48. The van der Waals surface area contributed by atoms with E-state index < -0.39 is 10.8 Å². The summed E-state index contributed by atoms with van der Waals surface area (Å²) in [5.41, 5.74) is 2.20. The van der Waals surface area contributed by atoms with E-state index in [9.17, 15) is 4.79 Å². The molecule has 1 N–H and O–H groups in total. The van der Waals surface area contributed by atoms with Gasteiger partial charge >= 0.3 is 5.97 Å². The van der Waals surface area contributed by atoms with Crippen LogP contribution < -0.4 is 0 Å². The van der Waals surface area contributed by atoms with E-state index in [1.807, 2.05) is 31.2 Å². The van der Waals surface area contributed by atoms with Gasteiger partial charge in [-0.05, 0) is 18.9 Å². The van der Waals surface area contributed by atoms with Crippen LogP contribution in [0.1, 0.15) is 11.1 Å². The van der Waals surface area contributed by atoms with E-state index in [0.717, 1.165) is 11.1 Å². The third-order valence-electron chi connectivity index (χ3n) is 1.77. The molecule has 0 aliphatic rings. The van der Waals surface area contributed by atoms with Crippen LogP contribution in [0.4, 0.5) is 0 Å². The molecule has 1 atom stereocenters. The molecule has 0 radical (unpaired) electrons. The molecule has 0 saturated carbocycles. The molecule has 70 valence electrons. The zero-order valence-corrected chi connectivity index (χ0v) is 8.91. The van der Waals surface area contributed by atoms with Gasteiger partial charge in [-0.25, -0.2) is 0 Å². The van der Waals surface area contributed by atoms with Crippen molar-refractivity contribution in [2.75, 3.05) is 0 Å². The summed E-state index contributed by atoms with van der Waals surface area (Å²) in [5.74, 6) is -0.818. The highest BCUT2D eigenvalue weighted by Gasteiger charge is 2.12. The van der Waals surface area contributed by atoms with E-state index >= 15 is 0 Å². The Morgan fingerprint density at radius 2 is 2.31 bits per heavy atom. The number of carboxylic acids is 1. The van der Waals surface area contributed by atoms with Gasteiger partial charge in [-0.3, -0.25) is 4.79 Å². The average molecular weight is 243 g/mol. The first-order valence-corrected chi connectivity index (χ1v) is 4.93. The van der Waals surface area contributed by atoms with E-state index in [2.05, 4.69) is 15.9 Å². The summed E-state index contributed by atoms with van der Waals surface area (Å²) in [6, 6.07) is 7.86. The summed E-state index contributed by atoms with van der Waals surface area (Å²) in [4.78, 5) is 10.1. The SMILES string of the molecule is Cc1cccc(CC(Br)C(=O)O)c1. The van der Waals surface area contributed by atoms with Crippen molar-refractivity contribution in [1.29, 1.82) is 0 Å². The summed E-state index contributed by atoms with van der Waals surface area (Å²) in [6.07, 6.45) is 0.525. The highest BCUT2D eigenvalue weighted by atomic mass is 79.9. The highest BCUT2D eigenvalue weighted by Crippen LogP contribution is 2.11. The third kappa shape index (κ3) is 3.19. The number of alkyl halides is 1. The van der Waals surface area contributed by atoms with E-state index in [-0.39, 0.29) is 0 Å². The normalized spacial score (nSPS) is 12.5. The molecule has 3 heteroatoms. The molecule has 0 amide bonds. The molecule has 1 aromatic carbocycles. The molecule has 2 nitrogen and oxygen atoms in total. The molecular formula is C10H11BrO2. The van der Waals surface area contributed by atoms with Gasteiger partial charge in [0, 0.05) is 0 Å². The number of carboxylic acid groups (broad SMARTS) is 1. The third-order valence-corrected chi connectivity index (χ3v) is 2.48. The van der Waals surface area contributed by atoms with Crippen molar-refractivity contribution in [3.8, 4) is 0 Å². The van der Waals surface area contributed by atoms with Gasteiger partial charge < -0.3 is 5.11 Å². The molecule has 0 heterocycles. The Bertz CT molecular complexity index is 310. The number of hydrogen-bond donors (Lipinski definition) is 1. The number of benzene rings is 1. The van der Waals surface area contributed by atoms with Crippen LogP contribution in [0.15, 0.2) is 24.3 Å². The van der Waals surface area contributed by atoms with Crippen LogP contribution >= 0.6 is 15.9 Å². The van der Waals surface area contributed by atoms with Crippen LogP contribution in [-0.4, -0.2) is 15.9 Å². The number of halogens is 1. The molecule has 1 aromatic rings. The molecule has 0 aliphatic carbocycles. The number of rotatable bonds is 3. The number of aliphatic carboxylic acids is 1. The fourth-order valence-corrected chi connectivity index (χ4v) is 1.51. The van der Waals surface area contributed by atoms with Gasteiger partial charge in [0.2, 0.25) is 0 Å². The van der Waals surface area contributed by atoms with Gasteiger partial charge in [0.05, 0.1) is 0 Å². The smallest absolute Gasteiger partial charge is 0.317 e. The Labute approximate surface area is 85.7 Å². The molecular weight excluding hydrogens is 232 g/mol. The second-order valence-electron chi connectivity index (χ2n) is 3.00. The summed E-state index contributed by atoms with van der Waals surface area (Å²) >= 11 is 3.10. The van der Waals surface area contributed by atoms with Crippen molar-refractivity contribution in [2.45, 2.75) is 18.2 Å². The van der Waals surface area contributed by atoms with Gasteiger partial charge in [0.1, 0.15) is 4.83 Å². The van der Waals surface area contributed by atoms with Crippen LogP contribution in [0.3, 0.4) is 0 Å². The summed E-state index contributed by atoms with van der Waals surface area (Å²) in [7, 11) is 0. The highest BCUT2D eigenvalue weighted by molar-refractivity contribution is 9.10. The lowest BCUT2D eigenvalue weighted by molar-refractivity contribution is -0.136. The van der Waals surface area contributed by atoms with Crippen LogP contribution in [-0.2, 0) is 11.2 Å². The van der Waals surface area contributed by atoms with Crippen molar-refractivity contribution in [3.05, 3.63) is 35.4 Å². The van der Waals surface area contributed by atoms with E-state index in [4.69, 9.17) is 5.11 Å². The number of carbonyl (C=O) groups is 1. The Morgan fingerprint density at radius 1 is 1.62 bits per heavy atom. The summed E-state index contributed by atoms with van der Waals surface area (Å²) < 4.78 is 0. The minimum Gasteiger partial charge on any atom is -0.480 e. The first-order chi connectivity index (χ1) is 6.09. The zero-order valence-electron chi connectivity index (χ0n) is 7.33. The predicted molar refractivity (Wildman–Crippen MR) is 55.2 cm³/mol. The molecule has 0 aromatic heterocycles. The van der Waals surface area contributed by atoms with E-state index in [1.54, 1.807) is 0 Å². The lowest BCUT2D eigenvalue weighted by Crippen LogP contribution is -2.15. The lowest BCUT2D eigenvalue weighted by atomic mass is 10.1. The summed E-state index contributed by atoms with van der Waals surface area (Å²) in [5, 5.41) is 8.67. The Hall–Kier alpha value is -0.830. The predicted octanol–water partition coefficient (Wildman–Crippen LogP) is 2.39. The largest absolute Gasteiger partial charge is 0.480 e. The maximum atomic E-state index is 10.5. The number of aryl methyl sites for hydroxylation is 1. The molecule has 0 spiro atoms. The van der Waals surface area contributed by atoms with Crippen LogP contribution in [0, 0.1) is 6.92 Å². The molecule has 1 unspecified atom stereocenters. The standard InChI is InChI=1S/C10H11BrO2/c1-7-3-2-4-8(5-7)6-9(11)10(12)13/h2-5,9H,6H2,1H3,(H,12,13). The first kappa shape index (κ1) is 10.3. The van der Waals surface area contributed by atoms with Gasteiger partial charge in [0.15, 0.2) is 0 Å². The quantitative estimate of drug-likeness (QED) is 0.827. The van der Waals surface area contributed by atoms with Gasteiger partial charge in [-0.1, -0.05) is 45.8 Å². The molecule has 0 aliphatic heterocycles. The van der Waals surface area contributed by atoms with Gasteiger partial charge in [0.25, 0.3) is 0 Å². The van der Waals surface area contributed by atoms with Crippen molar-refractivity contribution in [2.24, 2.45) is 0 Å². The molecule has 0 fully saturated rings.